The fourth-order valence-electron chi connectivity index (χ4n) is 6.52. The van der Waals surface area contributed by atoms with Crippen molar-refractivity contribution in [3.8, 4) is 11.8 Å². The Morgan fingerprint density at radius 3 is 2.27 bits per heavy atom. The van der Waals surface area contributed by atoms with Crippen molar-refractivity contribution in [2.75, 3.05) is 4.90 Å². The summed E-state index contributed by atoms with van der Waals surface area (Å²) >= 11 is 6.18. The van der Waals surface area contributed by atoms with E-state index in [4.69, 9.17) is 21.6 Å². The van der Waals surface area contributed by atoms with Crippen molar-refractivity contribution in [1.82, 2.24) is 15.3 Å². The molecule has 2 aromatic rings. The van der Waals surface area contributed by atoms with Gasteiger partial charge in [-0.2, -0.15) is 5.26 Å². The van der Waals surface area contributed by atoms with E-state index in [0.29, 0.717) is 27.8 Å². The summed E-state index contributed by atoms with van der Waals surface area (Å²) in [6.45, 7) is 12.4. The van der Waals surface area contributed by atoms with E-state index in [0.717, 1.165) is 19.1 Å². The summed E-state index contributed by atoms with van der Waals surface area (Å²) in [6.07, 6.45) is 5.51. The molecule has 1 aromatic carbocycles. The van der Waals surface area contributed by atoms with Gasteiger partial charge in [0.05, 0.1) is 16.1 Å². The summed E-state index contributed by atoms with van der Waals surface area (Å²) in [5.74, 6) is 0.977. The second kappa shape index (κ2) is 9.94. The van der Waals surface area contributed by atoms with Gasteiger partial charge < -0.3 is 19.7 Å². The molecule has 2 heterocycles. The molecule has 2 fully saturated rings. The topological polar surface area (TPSA) is 108 Å². The zero-order valence-corrected chi connectivity index (χ0v) is 22.9. The molecule has 0 radical (unpaired) electrons. The number of aromatic nitrogens is 2. The van der Waals surface area contributed by atoms with Crippen LogP contribution in [-0.4, -0.2) is 46.4 Å². The molecule has 8 nitrogen and oxygen atoms in total. The number of halogens is 1. The number of nitrogens with zero attached hydrogens (tertiary/aromatic N) is 4. The van der Waals surface area contributed by atoms with Crippen molar-refractivity contribution in [3.63, 3.8) is 0 Å². The first-order valence-electron chi connectivity index (χ1n) is 12.6. The Labute approximate surface area is 223 Å². The first kappa shape index (κ1) is 26.9. The van der Waals surface area contributed by atoms with Gasteiger partial charge in [0.15, 0.2) is 0 Å². The highest BCUT2D eigenvalue weighted by atomic mass is 35.5. The minimum Gasteiger partial charge on any atom is -0.489 e. The molecule has 3 atom stereocenters. The van der Waals surface area contributed by atoms with Crippen LogP contribution in [0.3, 0.4) is 0 Å². The monoisotopic (exact) mass is 523 g/mol. The second-order valence-electron chi connectivity index (χ2n) is 11.5. The molecule has 9 heteroatoms. The van der Waals surface area contributed by atoms with Gasteiger partial charge in [-0.15, -0.1) is 0 Å². The summed E-state index contributed by atoms with van der Waals surface area (Å²) < 4.78 is 6.30. The van der Waals surface area contributed by atoms with Gasteiger partial charge in [-0.25, -0.2) is 9.97 Å². The standard InChI is InChI=1S/C28H34ClN5O3/c1-16-9-18(15-35)10-17(2)34(16)26-31-13-20(14-32-26)23(36)33-24-27(3,4)25(28(24,5)6)37-21-8-7-19(12-30)22(29)11-21/h7-8,11,13-18,24-25H,9-10H2,1-6H3,(H,33,36)/t16-,17+,18?,24?,25?. The van der Waals surface area contributed by atoms with E-state index in [1.807, 2.05) is 0 Å². The van der Waals surface area contributed by atoms with Gasteiger partial charge in [-0.1, -0.05) is 39.3 Å². The zero-order chi connectivity index (χ0) is 27.1. The Hall–Kier alpha value is -3.18. The van der Waals surface area contributed by atoms with E-state index in [-0.39, 0.29) is 46.9 Å². The molecule has 1 unspecified atom stereocenters. The maximum atomic E-state index is 13.2. The number of anilines is 1. The number of rotatable bonds is 6. The van der Waals surface area contributed by atoms with E-state index in [1.165, 1.54) is 0 Å². The van der Waals surface area contributed by atoms with Crippen molar-refractivity contribution in [3.05, 3.63) is 46.7 Å². The van der Waals surface area contributed by atoms with E-state index in [1.54, 1.807) is 30.6 Å². The number of nitrogens with one attached hydrogen (secondary N) is 1. The third-order valence-corrected chi connectivity index (χ3v) is 8.30. The Kier molecular flexibility index (Phi) is 7.22. The number of amides is 1. The number of carbonyl (C=O) groups is 2. The van der Waals surface area contributed by atoms with E-state index in [9.17, 15) is 9.59 Å². The van der Waals surface area contributed by atoms with E-state index < -0.39 is 0 Å². The summed E-state index contributed by atoms with van der Waals surface area (Å²) in [5, 5.41) is 12.6. The van der Waals surface area contributed by atoms with Crippen molar-refractivity contribution in [2.45, 2.75) is 78.6 Å². The molecule has 1 saturated heterocycles. The Bertz CT molecular complexity index is 1200. The minimum absolute atomic E-state index is 0.0576. The first-order valence-corrected chi connectivity index (χ1v) is 13.0. The number of nitriles is 1. The average molecular weight is 524 g/mol. The molecular weight excluding hydrogens is 490 g/mol. The Balaban J connectivity index is 1.44. The fraction of sp³-hybridized carbons (Fsp3) is 0.536. The molecule has 0 bridgehead atoms. The molecule has 1 aliphatic carbocycles. The molecule has 4 rings (SSSR count). The van der Waals surface area contributed by atoms with Crippen molar-refractivity contribution >= 4 is 29.7 Å². The fourth-order valence-corrected chi connectivity index (χ4v) is 6.73. The smallest absolute Gasteiger partial charge is 0.254 e. The Morgan fingerprint density at radius 2 is 1.76 bits per heavy atom. The highest BCUT2D eigenvalue weighted by Gasteiger charge is 2.64. The summed E-state index contributed by atoms with van der Waals surface area (Å²) in [5.41, 5.74) is 0.0537. The summed E-state index contributed by atoms with van der Waals surface area (Å²) in [7, 11) is 0. The number of hydrogen-bond donors (Lipinski definition) is 1. The quantitative estimate of drug-likeness (QED) is 0.541. The van der Waals surface area contributed by atoms with Crippen LogP contribution >= 0.6 is 11.6 Å². The van der Waals surface area contributed by atoms with Crippen LogP contribution in [0.15, 0.2) is 30.6 Å². The number of aldehydes is 1. The molecule has 1 aliphatic heterocycles. The predicted molar refractivity (Wildman–Crippen MR) is 142 cm³/mol. The predicted octanol–water partition coefficient (Wildman–Crippen LogP) is 4.81. The van der Waals surface area contributed by atoms with Crippen LogP contribution in [0.1, 0.15) is 70.3 Å². The lowest BCUT2D eigenvalue weighted by molar-refractivity contribution is -0.164. The molecular formula is C28H34ClN5O3. The molecule has 1 saturated carbocycles. The lowest BCUT2D eigenvalue weighted by Gasteiger charge is -2.63. The lowest BCUT2D eigenvalue weighted by Crippen LogP contribution is -2.74. The lowest BCUT2D eigenvalue weighted by atomic mass is 9.49. The van der Waals surface area contributed by atoms with Gasteiger partial charge in [0.2, 0.25) is 5.95 Å². The molecule has 1 aromatic heterocycles. The van der Waals surface area contributed by atoms with Crippen LogP contribution in [-0.2, 0) is 4.79 Å². The van der Waals surface area contributed by atoms with Crippen molar-refractivity contribution in [2.24, 2.45) is 16.7 Å². The van der Waals surface area contributed by atoms with Gasteiger partial charge in [-0.05, 0) is 38.8 Å². The van der Waals surface area contributed by atoms with Crippen LogP contribution in [0.2, 0.25) is 5.02 Å². The average Bonchev–Trinajstić information content (AvgIpc) is 2.85. The van der Waals surface area contributed by atoms with Crippen molar-refractivity contribution in [1.29, 1.82) is 5.26 Å². The third kappa shape index (κ3) is 4.89. The van der Waals surface area contributed by atoms with Crippen molar-refractivity contribution < 1.29 is 14.3 Å². The van der Waals surface area contributed by atoms with Crippen LogP contribution in [0.25, 0.3) is 0 Å². The number of hydrogen-bond acceptors (Lipinski definition) is 7. The largest absolute Gasteiger partial charge is 0.489 e. The van der Waals surface area contributed by atoms with Crippen LogP contribution in [0.4, 0.5) is 5.95 Å². The molecule has 1 amide bonds. The van der Waals surface area contributed by atoms with Crippen LogP contribution < -0.4 is 15.0 Å². The van der Waals surface area contributed by atoms with E-state index in [2.05, 4.69) is 67.8 Å². The number of benzene rings is 1. The molecule has 37 heavy (non-hydrogen) atoms. The third-order valence-electron chi connectivity index (χ3n) is 7.99. The first-order chi connectivity index (χ1) is 17.4. The number of piperidine rings is 1. The Morgan fingerprint density at radius 1 is 1.16 bits per heavy atom. The molecule has 2 aliphatic rings. The number of ether oxygens (including phenoxy) is 1. The highest BCUT2D eigenvalue weighted by molar-refractivity contribution is 6.31. The minimum atomic E-state index is -0.367. The van der Waals surface area contributed by atoms with Gasteiger partial charge in [0.25, 0.3) is 5.91 Å². The second-order valence-corrected chi connectivity index (χ2v) is 12.0. The number of carbonyl (C=O) groups excluding carboxylic acids is 2. The highest BCUT2D eigenvalue weighted by Crippen LogP contribution is 2.55. The zero-order valence-electron chi connectivity index (χ0n) is 22.2. The van der Waals surface area contributed by atoms with Gasteiger partial charge in [-0.3, -0.25) is 4.79 Å². The molecule has 0 spiro atoms. The maximum absolute atomic E-state index is 13.2. The SMILES string of the molecule is C[C@@H]1CC(C=O)C[C@H](C)N1c1ncc(C(=O)NC2C(C)(C)C(Oc3ccc(C#N)c(Cl)c3)C2(C)C)cn1. The summed E-state index contributed by atoms with van der Waals surface area (Å²) in [4.78, 5) is 35.5. The van der Waals surface area contributed by atoms with Gasteiger partial charge in [0, 0.05) is 53.3 Å². The molecule has 196 valence electrons. The van der Waals surface area contributed by atoms with Gasteiger partial charge >= 0.3 is 0 Å². The summed E-state index contributed by atoms with van der Waals surface area (Å²) in [6, 6.07) is 7.20. The normalized spacial score (nSPS) is 27.9. The van der Waals surface area contributed by atoms with Crippen LogP contribution in [0, 0.1) is 28.1 Å². The maximum Gasteiger partial charge on any atom is 0.254 e. The molecule has 1 N–H and O–H groups in total. The van der Waals surface area contributed by atoms with E-state index >= 15 is 0 Å². The van der Waals surface area contributed by atoms with Gasteiger partial charge in [0.1, 0.15) is 24.2 Å². The van der Waals surface area contributed by atoms with Crippen LogP contribution in [0.5, 0.6) is 5.75 Å².